The third-order valence-corrected chi connectivity index (χ3v) is 4.64. The first-order valence-corrected chi connectivity index (χ1v) is 9.32. The molecule has 4 rings (SSSR count). The molecule has 0 fully saturated rings. The first-order valence-electron chi connectivity index (χ1n) is 9.32. The van der Waals surface area contributed by atoms with Crippen molar-refractivity contribution in [2.24, 2.45) is 0 Å². The Labute approximate surface area is 173 Å². The summed E-state index contributed by atoms with van der Waals surface area (Å²) in [5, 5.41) is 11.5. The quantitative estimate of drug-likeness (QED) is 0.511. The summed E-state index contributed by atoms with van der Waals surface area (Å²) < 4.78 is 14.3. The number of nitrogens with one attached hydrogen (secondary N) is 1. The number of aromatic nitrogens is 4. The molecule has 0 aliphatic rings. The smallest absolute Gasteiger partial charge is 0.256 e. The number of hydrogen-bond acceptors (Lipinski definition) is 5. The number of benzene rings is 2. The molecule has 2 aromatic heterocycles. The molecule has 1 N–H and O–H groups in total. The number of methoxy groups -OCH3 is 2. The molecule has 2 heterocycles. The van der Waals surface area contributed by atoms with Gasteiger partial charge in [0.2, 0.25) is 0 Å². The van der Waals surface area contributed by atoms with E-state index in [-0.39, 0.29) is 5.91 Å². The zero-order valence-corrected chi connectivity index (χ0v) is 16.6. The van der Waals surface area contributed by atoms with Crippen LogP contribution >= 0.6 is 0 Å². The molecule has 0 aliphatic carbocycles. The summed E-state index contributed by atoms with van der Waals surface area (Å²) in [6, 6.07) is 16.5. The molecule has 0 aliphatic heterocycles. The molecule has 4 aromatic rings. The van der Waals surface area contributed by atoms with Crippen molar-refractivity contribution in [3.63, 3.8) is 0 Å². The first kappa shape index (κ1) is 19.3. The average molecular weight is 403 g/mol. The van der Waals surface area contributed by atoms with Crippen molar-refractivity contribution in [3.8, 4) is 17.2 Å². The Hall–Kier alpha value is -4.07. The topological polar surface area (TPSA) is 83.2 Å². The van der Waals surface area contributed by atoms with Gasteiger partial charge in [0.05, 0.1) is 32.6 Å². The monoisotopic (exact) mass is 403 g/mol. The van der Waals surface area contributed by atoms with Gasteiger partial charge in [-0.05, 0) is 30.3 Å². The highest BCUT2D eigenvalue weighted by Crippen LogP contribution is 2.31. The van der Waals surface area contributed by atoms with Gasteiger partial charge in [0.15, 0.2) is 11.5 Å². The van der Waals surface area contributed by atoms with Crippen molar-refractivity contribution in [3.05, 3.63) is 84.3 Å². The standard InChI is InChI=1S/C22H21N5O3/c1-29-19-9-4-7-17(21(19)30-2)15-27-20(10-12-24-27)25-22(28)16-6-3-8-18(14-16)26-13-5-11-23-26/h3-14H,15H2,1-2H3,(H,25,28). The van der Waals surface area contributed by atoms with Crippen molar-refractivity contribution in [2.75, 3.05) is 19.5 Å². The van der Waals surface area contributed by atoms with Crippen LogP contribution in [0.4, 0.5) is 5.82 Å². The number of amides is 1. The molecule has 30 heavy (non-hydrogen) atoms. The van der Waals surface area contributed by atoms with Crippen LogP contribution in [0.15, 0.2) is 73.2 Å². The number of para-hydroxylation sites is 1. The van der Waals surface area contributed by atoms with Crippen LogP contribution in [0.5, 0.6) is 11.5 Å². The summed E-state index contributed by atoms with van der Waals surface area (Å²) in [4.78, 5) is 12.8. The van der Waals surface area contributed by atoms with Crippen molar-refractivity contribution in [1.82, 2.24) is 19.6 Å². The number of carbonyl (C=O) groups is 1. The normalized spacial score (nSPS) is 10.6. The van der Waals surface area contributed by atoms with Gasteiger partial charge in [-0.3, -0.25) is 4.79 Å². The Morgan fingerprint density at radius 3 is 2.63 bits per heavy atom. The Morgan fingerprint density at radius 1 is 1.00 bits per heavy atom. The van der Waals surface area contributed by atoms with E-state index in [4.69, 9.17) is 9.47 Å². The van der Waals surface area contributed by atoms with E-state index in [1.54, 1.807) is 54.2 Å². The third kappa shape index (κ3) is 3.88. The van der Waals surface area contributed by atoms with Crippen LogP contribution in [0.3, 0.4) is 0 Å². The van der Waals surface area contributed by atoms with E-state index in [9.17, 15) is 4.79 Å². The molecule has 8 nitrogen and oxygen atoms in total. The fourth-order valence-corrected chi connectivity index (χ4v) is 3.20. The molecule has 0 unspecified atom stereocenters. The minimum absolute atomic E-state index is 0.233. The molecule has 0 spiro atoms. The van der Waals surface area contributed by atoms with Crippen LogP contribution in [0.2, 0.25) is 0 Å². The molecule has 2 aromatic carbocycles. The van der Waals surface area contributed by atoms with Gasteiger partial charge in [-0.1, -0.05) is 18.2 Å². The van der Waals surface area contributed by atoms with Crippen LogP contribution in [-0.2, 0) is 6.54 Å². The average Bonchev–Trinajstić information content (AvgIpc) is 3.46. The second-order valence-corrected chi connectivity index (χ2v) is 6.48. The van der Waals surface area contributed by atoms with E-state index in [1.807, 2.05) is 42.6 Å². The van der Waals surface area contributed by atoms with Gasteiger partial charge in [-0.15, -0.1) is 0 Å². The largest absolute Gasteiger partial charge is 0.493 e. The van der Waals surface area contributed by atoms with E-state index >= 15 is 0 Å². The number of hydrogen-bond donors (Lipinski definition) is 1. The molecule has 0 atom stereocenters. The van der Waals surface area contributed by atoms with Crippen LogP contribution < -0.4 is 14.8 Å². The molecule has 0 radical (unpaired) electrons. The highest BCUT2D eigenvalue weighted by Gasteiger charge is 2.14. The van der Waals surface area contributed by atoms with Gasteiger partial charge >= 0.3 is 0 Å². The van der Waals surface area contributed by atoms with Gasteiger partial charge in [0, 0.05) is 29.6 Å². The summed E-state index contributed by atoms with van der Waals surface area (Å²) in [6.07, 6.45) is 5.16. The minimum atomic E-state index is -0.233. The lowest BCUT2D eigenvalue weighted by molar-refractivity contribution is 0.102. The van der Waals surface area contributed by atoms with Gasteiger partial charge < -0.3 is 14.8 Å². The Kier molecular flexibility index (Phi) is 5.47. The highest BCUT2D eigenvalue weighted by atomic mass is 16.5. The molecule has 0 bridgehead atoms. The predicted molar refractivity (Wildman–Crippen MR) is 112 cm³/mol. The van der Waals surface area contributed by atoms with Gasteiger partial charge in [0.25, 0.3) is 5.91 Å². The van der Waals surface area contributed by atoms with Gasteiger partial charge in [-0.25, -0.2) is 9.36 Å². The second kappa shape index (κ2) is 8.52. The number of ether oxygens (including phenoxy) is 2. The number of rotatable bonds is 7. The lowest BCUT2D eigenvalue weighted by Gasteiger charge is -2.14. The van der Waals surface area contributed by atoms with Gasteiger partial charge in [0.1, 0.15) is 5.82 Å². The summed E-state index contributed by atoms with van der Waals surface area (Å²) >= 11 is 0. The van der Waals surface area contributed by atoms with E-state index in [1.165, 1.54) is 0 Å². The summed E-state index contributed by atoms with van der Waals surface area (Å²) in [6.45, 7) is 0.413. The third-order valence-electron chi connectivity index (χ3n) is 4.64. The lowest BCUT2D eigenvalue weighted by Crippen LogP contribution is -2.16. The predicted octanol–water partition coefficient (Wildman–Crippen LogP) is 3.39. The maximum atomic E-state index is 12.8. The summed E-state index contributed by atoms with van der Waals surface area (Å²) in [7, 11) is 3.19. The minimum Gasteiger partial charge on any atom is -0.493 e. The SMILES string of the molecule is COc1cccc(Cn2nccc2NC(=O)c2cccc(-n3cccn3)c2)c1OC. The fraction of sp³-hybridized carbons (Fsp3) is 0.136. The number of anilines is 1. The van der Waals surface area contributed by atoms with Crippen molar-refractivity contribution < 1.29 is 14.3 Å². The van der Waals surface area contributed by atoms with Gasteiger partial charge in [-0.2, -0.15) is 10.2 Å². The van der Waals surface area contributed by atoms with Crippen LogP contribution in [0, 0.1) is 0 Å². The van der Waals surface area contributed by atoms with Crippen LogP contribution in [0.1, 0.15) is 15.9 Å². The molecule has 0 saturated heterocycles. The molecular formula is C22H21N5O3. The maximum Gasteiger partial charge on any atom is 0.256 e. The molecule has 1 amide bonds. The molecule has 0 saturated carbocycles. The second-order valence-electron chi connectivity index (χ2n) is 6.48. The zero-order valence-electron chi connectivity index (χ0n) is 16.6. The Morgan fingerprint density at radius 2 is 1.87 bits per heavy atom. The highest BCUT2D eigenvalue weighted by molar-refractivity contribution is 6.04. The van der Waals surface area contributed by atoms with Crippen molar-refractivity contribution in [2.45, 2.75) is 6.54 Å². The van der Waals surface area contributed by atoms with E-state index in [2.05, 4.69) is 15.5 Å². The van der Waals surface area contributed by atoms with Crippen molar-refractivity contribution >= 4 is 11.7 Å². The zero-order chi connectivity index (χ0) is 20.9. The lowest BCUT2D eigenvalue weighted by atomic mass is 10.2. The molecule has 8 heteroatoms. The Bertz CT molecular complexity index is 1150. The van der Waals surface area contributed by atoms with Crippen LogP contribution in [-0.4, -0.2) is 39.7 Å². The molecule has 152 valence electrons. The summed E-state index contributed by atoms with van der Waals surface area (Å²) in [5.74, 6) is 1.63. The number of carbonyl (C=O) groups excluding carboxylic acids is 1. The van der Waals surface area contributed by atoms with E-state index in [0.717, 1.165) is 11.3 Å². The summed E-state index contributed by atoms with van der Waals surface area (Å²) in [5.41, 5.74) is 2.22. The van der Waals surface area contributed by atoms with Crippen molar-refractivity contribution in [1.29, 1.82) is 0 Å². The Balaban J connectivity index is 1.55. The maximum absolute atomic E-state index is 12.8. The first-order chi connectivity index (χ1) is 14.7. The van der Waals surface area contributed by atoms with E-state index < -0.39 is 0 Å². The number of nitrogens with zero attached hydrogens (tertiary/aromatic N) is 4. The van der Waals surface area contributed by atoms with Crippen LogP contribution in [0.25, 0.3) is 5.69 Å². The van der Waals surface area contributed by atoms with E-state index in [0.29, 0.717) is 29.4 Å². The molecular weight excluding hydrogens is 382 g/mol. The fourth-order valence-electron chi connectivity index (χ4n) is 3.20.